The molecule has 4 N–H and O–H groups in total. The van der Waals surface area contributed by atoms with E-state index in [1.54, 1.807) is 7.11 Å². The number of ether oxygens (including phenoxy) is 1. The fourth-order valence-electron chi connectivity index (χ4n) is 1.78. The topological polar surface area (TPSA) is 74.9 Å². The fourth-order valence-corrected chi connectivity index (χ4v) is 1.78. The first kappa shape index (κ1) is 9.58. The Bertz CT molecular complexity index is 528. The second kappa shape index (κ2) is 3.31. The van der Waals surface area contributed by atoms with Crippen LogP contribution in [0.2, 0.25) is 0 Å². The highest BCUT2D eigenvalue weighted by Crippen LogP contribution is 2.25. The lowest BCUT2D eigenvalue weighted by Gasteiger charge is -2.00. The van der Waals surface area contributed by atoms with Crippen LogP contribution in [0.25, 0.3) is 10.9 Å². The first-order chi connectivity index (χ1) is 7.13. The average molecular weight is 203 g/mol. The van der Waals surface area contributed by atoms with Crippen LogP contribution in [0.3, 0.4) is 0 Å². The summed E-state index contributed by atoms with van der Waals surface area (Å²) in [5.41, 5.74) is 8.17. The Balaban J connectivity index is 2.77. The summed E-state index contributed by atoms with van der Waals surface area (Å²) in [6.45, 7) is 1.91. The average Bonchev–Trinajstić information content (AvgIpc) is 2.52. The molecular formula is C11H13N3O. The Morgan fingerprint density at radius 3 is 2.80 bits per heavy atom. The molecule has 0 fully saturated rings. The number of hydrogen-bond donors (Lipinski definition) is 3. The van der Waals surface area contributed by atoms with Gasteiger partial charge in [-0.2, -0.15) is 0 Å². The van der Waals surface area contributed by atoms with Gasteiger partial charge in [0.2, 0.25) is 0 Å². The van der Waals surface area contributed by atoms with Crippen LogP contribution in [0, 0.1) is 12.3 Å². The number of fused-ring (bicyclic) bond motifs is 1. The zero-order chi connectivity index (χ0) is 11.0. The molecule has 0 saturated heterocycles. The number of aryl methyl sites for hydroxylation is 1. The Morgan fingerprint density at radius 1 is 1.47 bits per heavy atom. The zero-order valence-corrected chi connectivity index (χ0v) is 8.72. The van der Waals surface area contributed by atoms with Gasteiger partial charge in [0.1, 0.15) is 11.6 Å². The van der Waals surface area contributed by atoms with Crippen LogP contribution in [0.15, 0.2) is 18.2 Å². The number of nitrogen functional groups attached to an aromatic ring is 1. The minimum atomic E-state index is 0.0759. The smallest absolute Gasteiger partial charge is 0.125 e. The molecule has 2 aromatic rings. The Hall–Kier alpha value is -1.97. The minimum Gasteiger partial charge on any atom is -0.497 e. The van der Waals surface area contributed by atoms with Gasteiger partial charge in [0.15, 0.2) is 0 Å². The van der Waals surface area contributed by atoms with Crippen molar-refractivity contribution < 1.29 is 4.74 Å². The molecule has 4 heteroatoms. The number of H-pyrrole nitrogens is 1. The fraction of sp³-hybridized carbons (Fsp3) is 0.182. The number of rotatable bonds is 2. The van der Waals surface area contributed by atoms with Gasteiger partial charge in [-0.15, -0.1) is 0 Å². The molecule has 0 spiro atoms. The molecule has 1 heterocycles. The lowest BCUT2D eigenvalue weighted by atomic mass is 10.1. The van der Waals surface area contributed by atoms with E-state index in [0.29, 0.717) is 0 Å². The third-order valence-electron chi connectivity index (χ3n) is 2.46. The summed E-state index contributed by atoms with van der Waals surface area (Å²) < 4.78 is 5.14. The molecule has 0 aliphatic rings. The van der Waals surface area contributed by atoms with Crippen molar-refractivity contribution in [2.75, 3.05) is 7.11 Å². The molecule has 0 radical (unpaired) electrons. The molecular weight excluding hydrogens is 190 g/mol. The molecule has 15 heavy (non-hydrogen) atoms. The first-order valence-electron chi connectivity index (χ1n) is 4.64. The number of nitrogens with one attached hydrogen (secondary N) is 2. The summed E-state index contributed by atoms with van der Waals surface area (Å²) in [7, 11) is 1.62. The molecule has 1 aromatic heterocycles. The number of methoxy groups -OCH3 is 1. The second-order valence-electron chi connectivity index (χ2n) is 3.45. The van der Waals surface area contributed by atoms with Crippen LogP contribution in [0.4, 0.5) is 0 Å². The molecule has 0 atom stereocenters. The molecule has 0 amide bonds. The molecule has 2 rings (SSSR count). The molecule has 0 aliphatic carbocycles. The highest BCUT2D eigenvalue weighted by atomic mass is 16.5. The van der Waals surface area contributed by atoms with Gasteiger partial charge in [-0.05, 0) is 25.1 Å². The van der Waals surface area contributed by atoms with Crippen LogP contribution in [0.1, 0.15) is 11.3 Å². The summed E-state index contributed by atoms with van der Waals surface area (Å²) in [6, 6.07) is 5.69. The van der Waals surface area contributed by atoms with E-state index in [9.17, 15) is 0 Å². The van der Waals surface area contributed by atoms with Crippen molar-refractivity contribution in [2.24, 2.45) is 5.73 Å². The van der Waals surface area contributed by atoms with Gasteiger partial charge in [-0.1, -0.05) is 0 Å². The van der Waals surface area contributed by atoms with Gasteiger partial charge in [0, 0.05) is 22.2 Å². The van der Waals surface area contributed by atoms with E-state index in [1.807, 2.05) is 25.1 Å². The Morgan fingerprint density at radius 2 is 2.20 bits per heavy atom. The lowest BCUT2D eigenvalue weighted by molar-refractivity contribution is 0.415. The molecule has 1 aromatic carbocycles. The van der Waals surface area contributed by atoms with Crippen molar-refractivity contribution in [1.82, 2.24) is 4.98 Å². The van der Waals surface area contributed by atoms with Gasteiger partial charge in [0.25, 0.3) is 0 Å². The van der Waals surface area contributed by atoms with Gasteiger partial charge < -0.3 is 15.5 Å². The molecule has 0 saturated carbocycles. The van der Waals surface area contributed by atoms with E-state index in [4.69, 9.17) is 15.9 Å². The molecule has 78 valence electrons. The zero-order valence-electron chi connectivity index (χ0n) is 8.72. The molecule has 4 nitrogen and oxygen atoms in total. The quantitative estimate of drug-likeness (QED) is 0.514. The number of hydrogen-bond acceptors (Lipinski definition) is 2. The van der Waals surface area contributed by atoms with Crippen molar-refractivity contribution in [3.63, 3.8) is 0 Å². The van der Waals surface area contributed by atoms with Crippen LogP contribution in [-0.2, 0) is 0 Å². The predicted molar refractivity (Wildman–Crippen MR) is 60.6 cm³/mol. The highest BCUT2D eigenvalue weighted by molar-refractivity contribution is 6.08. The normalized spacial score (nSPS) is 10.5. The summed E-state index contributed by atoms with van der Waals surface area (Å²) in [5, 5.41) is 8.45. The van der Waals surface area contributed by atoms with E-state index in [0.717, 1.165) is 27.9 Å². The monoisotopic (exact) mass is 203 g/mol. The largest absolute Gasteiger partial charge is 0.497 e. The SMILES string of the molecule is COc1ccc2[nH]c(C)c(C(=N)N)c2c1. The highest BCUT2D eigenvalue weighted by Gasteiger charge is 2.11. The maximum atomic E-state index is 7.52. The summed E-state index contributed by atoms with van der Waals surface area (Å²) in [6.07, 6.45) is 0. The van der Waals surface area contributed by atoms with Gasteiger partial charge >= 0.3 is 0 Å². The van der Waals surface area contributed by atoms with Gasteiger partial charge in [0.05, 0.1) is 7.11 Å². The lowest BCUT2D eigenvalue weighted by Crippen LogP contribution is -2.11. The van der Waals surface area contributed by atoms with Gasteiger partial charge in [-0.25, -0.2) is 0 Å². The van der Waals surface area contributed by atoms with E-state index < -0.39 is 0 Å². The number of nitrogens with two attached hydrogens (primary N) is 1. The predicted octanol–water partition coefficient (Wildman–Crippen LogP) is 1.77. The maximum Gasteiger partial charge on any atom is 0.125 e. The van der Waals surface area contributed by atoms with Crippen LogP contribution < -0.4 is 10.5 Å². The van der Waals surface area contributed by atoms with Crippen molar-refractivity contribution in [3.8, 4) is 5.75 Å². The van der Waals surface area contributed by atoms with Crippen LogP contribution in [-0.4, -0.2) is 17.9 Å². The van der Waals surface area contributed by atoms with Crippen LogP contribution >= 0.6 is 0 Å². The standard InChI is InChI=1S/C11H13N3O/c1-6-10(11(12)13)8-5-7(15-2)3-4-9(8)14-6/h3-5,14H,1-2H3,(H3,12,13). The number of aromatic nitrogens is 1. The summed E-state index contributed by atoms with van der Waals surface area (Å²) in [5.74, 6) is 0.844. The van der Waals surface area contributed by atoms with E-state index in [-0.39, 0.29) is 5.84 Å². The summed E-state index contributed by atoms with van der Waals surface area (Å²) >= 11 is 0. The van der Waals surface area contributed by atoms with E-state index in [2.05, 4.69) is 4.98 Å². The number of amidine groups is 1. The number of benzene rings is 1. The maximum absolute atomic E-state index is 7.52. The van der Waals surface area contributed by atoms with Crippen molar-refractivity contribution in [1.29, 1.82) is 5.41 Å². The van der Waals surface area contributed by atoms with Crippen molar-refractivity contribution in [3.05, 3.63) is 29.5 Å². The molecule has 0 bridgehead atoms. The van der Waals surface area contributed by atoms with E-state index in [1.165, 1.54) is 0 Å². The first-order valence-corrected chi connectivity index (χ1v) is 4.64. The minimum absolute atomic E-state index is 0.0759. The van der Waals surface area contributed by atoms with E-state index >= 15 is 0 Å². The Kier molecular flexibility index (Phi) is 2.11. The second-order valence-corrected chi connectivity index (χ2v) is 3.45. The van der Waals surface area contributed by atoms with Gasteiger partial charge in [-0.3, -0.25) is 5.41 Å². The summed E-state index contributed by atoms with van der Waals surface area (Å²) in [4.78, 5) is 3.18. The van der Waals surface area contributed by atoms with Crippen molar-refractivity contribution in [2.45, 2.75) is 6.92 Å². The Labute approximate surface area is 87.6 Å². The van der Waals surface area contributed by atoms with Crippen molar-refractivity contribution >= 4 is 16.7 Å². The number of aromatic amines is 1. The third kappa shape index (κ3) is 1.44. The molecule has 0 aliphatic heterocycles. The third-order valence-corrected chi connectivity index (χ3v) is 2.46. The molecule has 0 unspecified atom stereocenters. The van der Waals surface area contributed by atoms with Crippen LogP contribution in [0.5, 0.6) is 5.75 Å².